The maximum Gasteiger partial charge on any atom is 0.00912 e. The molecule has 3 heteroatoms. The highest BCUT2D eigenvalue weighted by Gasteiger charge is 2.24. The molecule has 0 bridgehead atoms. The van der Waals surface area contributed by atoms with Crippen molar-refractivity contribution >= 4 is 0 Å². The minimum Gasteiger partial charge on any atom is -0.314 e. The van der Waals surface area contributed by atoms with Crippen molar-refractivity contribution in [1.29, 1.82) is 0 Å². The van der Waals surface area contributed by atoms with Crippen LogP contribution < -0.4 is 5.32 Å². The molecule has 0 radical (unpaired) electrons. The number of nitrogens with zero attached hydrogens (tertiary/aromatic N) is 2. The molecule has 2 rings (SSSR count). The summed E-state index contributed by atoms with van der Waals surface area (Å²) in [4.78, 5) is 5.34. The lowest BCUT2D eigenvalue weighted by molar-refractivity contribution is 0.108. The molecule has 3 nitrogen and oxygen atoms in total. The molecule has 0 saturated carbocycles. The molecule has 0 atom stereocenters. The average Bonchev–Trinajstić information content (AvgIpc) is 2.42. The molecule has 112 valence electrons. The van der Waals surface area contributed by atoms with E-state index in [1.807, 2.05) is 0 Å². The van der Waals surface area contributed by atoms with Crippen LogP contribution in [0.5, 0.6) is 0 Å². The molecule has 0 aromatic heterocycles. The molecule has 0 aromatic rings. The maximum atomic E-state index is 3.59. The highest BCUT2D eigenvalue weighted by atomic mass is 15.2. The zero-order valence-corrected chi connectivity index (χ0v) is 13.2. The van der Waals surface area contributed by atoms with Gasteiger partial charge in [-0.05, 0) is 78.2 Å². The lowest BCUT2D eigenvalue weighted by atomic mass is 9.94. The van der Waals surface area contributed by atoms with Crippen molar-refractivity contribution in [2.45, 2.75) is 58.5 Å². The van der Waals surface area contributed by atoms with Crippen molar-refractivity contribution in [3.05, 3.63) is 0 Å². The van der Waals surface area contributed by atoms with Crippen molar-refractivity contribution in [1.82, 2.24) is 15.1 Å². The van der Waals surface area contributed by atoms with Crippen molar-refractivity contribution in [2.24, 2.45) is 5.92 Å². The summed E-state index contributed by atoms with van der Waals surface area (Å²) in [5.74, 6) is 0.950. The molecule has 0 amide bonds. The van der Waals surface area contributed by atoms with Crippen molar-refractivity contribution < 1.29 is 0 Å². The second-order valence-electron chi connectivity index (χ2n) is 6.71. The molecule has 2 heterocycles. The Hall–Kier alpha value is -0.120. The van der Waals surface area contributed by atoms with Crippen LogP contribution in [0.1, 0.15) is 46.5 Å². The monoisotopic (exact) mass is 267 g/mol. The van der Waals surface area contributed by atoms with E-state index in [2.05, 4.69) is 35.9 Å². The van der Waals surface area contributed by atoms with E-state index in [0.717, 1.165) is 24.5 Å². The Morgan fingerprint density at radius 3 is 2.16 bits per heavy atom. The Labute approximate surface area is 119 Å². The molecule has 1 N–H and O–H groups in total. The highest BCUT2D eigenvalue weighted by Crippen LogP contribution is 2.21. The minimum atomic E-state index is 0.733. The van der Waals surface area contributed by atoms with Crippen LogP contribution in [0, 0.1) is 5.92 Å². The summed E-state index contributed by atoms with van der Waals surface area (Å²) in [7, 11) is 0. The van der Waals surface area contributed by atoms with Crippen LogP contribution in [0.2, 0.25) is 0 Å². The van der Waals surface area contributed by atoms with Gasteiger partial charge in [-0.2, -0.15) is 0 Å². The first-order valence-electron chi connectivity index (χ1n) is 8.38. The van der Waals surface area contributed by atoms with Gasteiger partial charge >= 0.3 is 0 Å². The summed E-state index contributed by atoms with van der Waals surface area (Å²) in [6.45, 7) is 14.6. The largest absolute Gasteiger partial charge is 0.314 e. The van der Waals surface area contributed by atoms with Crippen LogP contribution in [0.15, 0.2) is 0 Å². The van der Waals surface area contributed by atoms with Gasteiger partial charge in [-0.25, -0.2) is 0 Å². The third kappa shape index (κ3) is 4.73. The fourth-order valence-corrected chi connectivity index (χ4v) is 3.63. The SMILES string of the molecule is CCNC1CCN(CC2CCN(C(C)C)CC2)CC1. The third-order valence-electron chi connectivity index (χ3n) is 4.98. The Morgan fingerprint density at radius 1 is 1.00 bits per heavy atom. The molecule has 0 aliphatic carbocycles. The zero-order valence-electron chi connectivity index (χ0n) is 13.2. The van der Waals surface area contributed by atoms with Gasteiger partial charge in [0.2, 0.25) is 0 Å². The second kappa shape index (κ2) is 7.61. The number of rotatable bonds is 5. The molecule has 2 aliphatic heterocycles. The molecule has 2 aliphatic rings. The maximum absolute atomic E-state index is 3.59. The lowest BCUT2D eigenvalue weighted by Crippen LogP contribution is -2.46. The first-order valence-corrected chi connectivity index (χ1v) is 8.38. The van der Waals surface area contributed by atoms with Crippen LogP contribution in [0.4, 0.5) is 0 Å². The first kappa shape index (κ1) is 15.3. The van der Waals surface area contributed by atoms with Crippen molar-refractivity contribution in [3.8, 4) is 0 Å². The summed E-state index contributed by atoms with van der Waals surface area (Å²) in [5, 5.41) is 3.59. The molecular weight excluding hydrogens is 234 g/mol. The zero-order chi connectivity index (χ0) is 13.7. The number of piperidine rings is 2. The van der Waals surface area contributed by atoms with Crippen LogP contribution >= 0.6 is 0 Å². The lowest BCUT2D eigenvalue weighted by Gasteiger charge is -2.39. The van der Waals surface area contributed by atoms with E-state index in [4.69, 9.17) is 0 Å². The van der Waals surface area contributed by atoms with Gasteiger partial charge in [-0.3, -0.25) is 0 Å². The number of nitrogens with one attached hydrogen (secondary N) is 1. The van der Waals surface area contributed by atoms with Gasteiger partial charge in [0.25, 0.3) is 0 Å². The summed E-state index contributed by atoms with van der Waals surface area (Å²) >= 11 is 0. The van der Waals surface area contributed by atoms with E-state index in [0.29, 0.717) is 0 Å². The van der Waals surface area contributed by atoms with Crippen molar-refractivity contribution in [3.63, 3.8) is 0 Å². The van der Waals surface area contributed by atoms with E-state index >= 15 is 0 Å². The number of hydrogen-bond acceptors (Lipinski definition) is 3. The Morgan fingerprint density at radius 2 is 1.63 bits per heavy atom. The van der Waals surface area contributed by atoms with E-state index in [1.54, 1.807) is 0 Å². The molecule has 0 aromatic carbocycles. The molecule has 19 heavy (non-hydrogen) atoms. The standard InChI is InChI=1S/C16H33N3/c1-4-17-16-7-9-18(10-8-16)13-15-5-11-19(12-6-15)14(2)3/h14-17H,4-13H2,1-3H3. The molecule has 0 unspecified atom stereocenters. The van der Waals surface area contributed by atoms with Gasteiger partial charge in [-0.1, -0.05) is 6.92 Å². The fraction of sp³-hybridized carbons (Fsp3) is 1.00. The normalized spacial score (nSPS) is 25.3. The highest BCUT2D eigenvalue weighted by molar-refractivity contribution is 4.81. The Balaban J connectivity index is 1.64. The predicted molar refractivity (Wildman–Crippen MR) is 82.6 cm³/mol. The summed E-state index contributed by atoms with van der Waals surface area (Å²) in [6.07, 6.45) is 5.51. The van der Waals surface area contributed by atoms with E-state index in [1.165, 1.54) is 58.4 Å². The summed E-state index contributed by atoms with van der Waals surface area (Å²) in [6, 6.07) is 1.51. The van der Waals surface area contributed by atoms with Gasteiger partial charge in [0.15, 0.2) is 0 Å². The van der Waals surface area contributed by atoms with Crippen LogP contribution in [0.25, 0.3) is 0 Å². The van der Waals surface area contributed by atoms with Gasteiger partial charge in [0.1, 0.15) is 0 Å². The number of likely N-dealkylation sites (tertiary alicyclic amines) is 2. The van der Waals surface area contributed by atoms with Crippen LogP contribution in [-0.4, -0.2) is 61.2 Å². The molecular formula is C16H33N3. The Bertz CT molecular complexity index is 238. The van der Waals surface area contributed by atoms with E-state index < -0.39 is 0 Å². The third-order valence-corrected chi connectivity index (χ3v) is 4.98. The van der Waals surface area contributed by atoms with Gasteiger partial charge in [-0.15, -0.1) is 0 Å². The summed E-state index contributed by atoms with van der Waals surface area (Å²) in [5.41, 5.74) is 0. The number of hydrogen-bond donors (Lipinski definition) is 1. The van der Waals surface area contributed by atoms with Gasteiger partial charge in [0, 0.05) is 18.6 Å². The molecule has 0 spiro atoms. The smallest absolute Gasteiger partial charge is 0.00912 e. The van der Waals surface area contributed by atoms with Crippen LogP contribution in [-0.2, 0) is 0 Å². The minimum absolute atomic E-state index is 0.733. The average molecular weight is 267 g/mol. The molecule has 2 fully saturated rings. The fourth-order valence-electron chi connectivity index (χ4n) is 3.63. The van der Waals surface area contributed by atoms with E-state index in [9.17, 15) is 0 Å². The van der Waals surface area contributed by atoms with Crippen molar-refractivity contribution in [2.75, 3.05) is 39.3 Å². The quantitative estimate of drug-likeness (QED) is 0.824. The second-order valence-corrected chi connectivity index (χ2v) is 6.71. The Kier molecular flexibility index (Phi) is 6.11. The van der Waals surface area contributed by atoms with Gasteiger partial charge in [0.05, 0.1) is 0 Å². The van der Waals surface area contributed by atoms with Gasteiger partial charge < -0.3 is 15.1 Å². The first-order chi connectivity index (χ1) is 9.19. The van der Waals surface area contributed by atoms with E-state index in [-0.39, 0.29) is 0 Å². The molecule has 2 saturated heterocycles. The topological polar surface area (TPSA) is 18.5 Å². The van der Waals surface area contributed by atoms with Crippen LogP contribution in [0.3, 0.4) is 0 Å². The predicted octanol–water partition coefficient (Wildman–Crippen LogP) is 2.18. The summed E-state index contributed by atoms with van der Waals surface area (Å²) < 4.78 is 0.